The quantitative estimate of drug-likeness (QED) is 0.879. The van der Waals surface area contributed by atoms with Gasteiger partial charge in [-0.25, -0.2) is 0 Å². The van der Waals surface area contributed by atoms with Crippen molar-refractivity contribution < 1.29 is 0 Å². The number of fused-ring (bicyclic) bond motifs is 1. The summed E-state index contributed by atoms with van der Waals surface area (Å²) in [6, 6.07) is 8.98. The first-order valence-corrected chi connectivity index (χ1v) is 6.83. The standard InChI is InChI=1S/C13H16ClNS/c1-9-8-16-12-6-4-3-5-11(12)13(9)15-7-10(2)14/h3-6,9,13,15H,2,7-8H2,1H3. The third-order valence-electron chi connectivity index (χ3n) is 2.84. The molecule has 0 aromatic heterocycles. The number of nitrogens with one attached hydrogen (secondary N) is 1. The van der Waals surface area contributed by atoms with E-state index in [1.165, 1.54) is 10.5 Å². The molecule has 1 N–H and O–H groups in total. The van der Waals surface area contributed by atoms with E-state index in [0.717, 1.165) is 5.75 Å². The van der Waals surface area contributed by atoms with E-state index >= 15 is 0 Å². The van der Waals surface area contributed by atoms with Crippen LogP contribution in [-0.2, 0) is 0 Å². The Kier molecular flexibility index (Phi) is 3.95. The van der Waals surface area contributed by atoms with Crippen LogP contribution >= 0.6 is 23.4 Å². The van der Waals surface area contributed by atoms with Crippen molar-refractivity contribution in [2.45, 2.75) is 17.9 Å². The summed E-state index contributed by atoms with van der Waals surface area (Å²) >= 11 is 7.75. The number of thioether (sulfide) groups is 1. The predicted octanol–water partition coefficient (Wildman–Crippen LogP) is 3.81. The fraction of sp³-hybridized carbons (Fsp3) is 0.385. The zero-order valence-corrected chi connectivity index (χ0v) is 10.9. The molecule has 1 nitrogen and oxygen atoms in total. The zero-order chi connectivity index (χ0) is 11.5. The third kappa shape index (κ3) is 2.62. The Balaban J connectivity index is 2.19. The van der Waals surface area contributed by atoms with E-state index in [4.69, 9.17) is 11.6 Å². The molecule has 16 heavy (non-hydrogen) atoms. The Hall–Kier alpha value is -0.440. The molecule has 0 bridgehead atoms. The molecule has 2 atom stereocenters. The van der Waals surface area contributed by atoms with Gasteiger partial charge in [-0.1, -0.05) is 43.3 Å². The average molecular weight is 254 g/mol. The smallest absolute Gasteiger partial charge is 0.0368 e. The van der Waals surface area contributed by atoms with Gasteiger partial charge in [0, 0.05) is 28.3 Å². The van der Waals surface area contributed by atoms with Crippen LogP contribution in [0.3, 0.4) is 0 Å². The molecule has 0 saturated heterocycles. The Morgan fingerprint density at radius 3 is 3.06 bits per heavy atom. The van der Waals surface area contributed by atoms with Crippen molar-refractivity contribution in [3.63, 3.8) is 0 Å². The van der Waals surface area contributed by atoms with E-state index in [1.54, 1.807) is 0 Å². The van der Waals surface area contributed by atoms with Crippen molar-refractivity contribution in [2.75, 3.05) is 12.3 Å². The Morgan fingerprint density at radius 1 is 1.56 bits per heavy atom. The summed E-state index contributed by atoms with van der Waals surface area (Å²) in [5.41, 5.74) is 1.39. The fourth-order valence-corrected chi connectivity index (χ4v) is 3.27. The summed E-state index contributed by atoms with van der Waals surface area (Å²) in [5, 5.41) is 4.15. The Morgan fingerprint density at radius 2 is 2.31 bits per heavy atom. The lowest BCUT2D eigenvalue weighted by Crippen LogP contribution is -2.31. The summed E-state index contributed by atoms with van der Waals surface area (Å²) in [6.07, 6.45) is 0. The van der Waals surface area contributed by atoms with E-state index in [-0.39, 0.29) is 0 Å². The molecule has 86 valence electrons. The molecule has 0 spiro atoms. The molecule has 0 saturated carbocycles. The minimum absolute atomic E-state index is 0.396. The van der Waals surface area contributed by atoms with Crippen molar-refractivity contribution in [3.8, 4) is 0 Å². The lowest BCUT2D eigenvalue weighted by Gasteiger charge is -2.31. The topological polar surface area (TPSA) is 12.0 Å². The molecule has 0 aliphatic carbocycles. The average Bonchev–Trinajstić information content (AvgIpc) is 2.27. The second kappa shape index (κ2) is 5.26. The normalized spacial score (nSPS) is 23.9. The molecule has 0 radical (unpaired) electrons. The summed E-state index contributed by atoms with van der Waals surface area (Å²) in [6.45, 7) is 6.67. The molecular weight excluding hydrogens is 238 g/mol. The first kappa shape index (κ1) is 12.0. The van der Waals surface area contributed by atoms with Gasteiger partial charge in [-0.3, -0.25) is 0 Å². The maximum absolute atomic E-state index is 5.81. The largest absolute Gasteiger partial charge is 0.305 e. The molecule has 0 amide bonds. The van der Waals surface area contributed by atoms with Crippen molar-refractivity contribution in [1.82, 2.24) is 5.32 Å². The van der Waals surface area contributed by atoms with Gasteiger partial charge in [0.05, 0.1) is 0 Å². The van der Waals surface area contributed by atoms with Crippen LogP contribution in [0.1, 0.15) is 18.5 Å². The van der Waals surface area contributed by atoms with Crippen molar-refractivity contribution in [3.05, 3.63) is 41.4 Å². The third-order valence-corrected chi connectivity index (χ3v) is 4.35. The van der Waals surface area contributed by atoms with Crippen LogP contribution in [0.25, 0.3) is 0 Å². The van der Waals surface area contributed by atoms with Crippen LogP contribution in [0.5, 0.6) is 0 Å². The number of halogens is 1. The molecule has 0 fully saturated rings. The Bertz CT molecular complexity index is 391. The summed E-state index contributed by atoms with van der Waals surface area (Å²) < 4.78 is 0. The summed E-state index contributed by atoms with van der Waals surface area (Å²) in [7, 11) is 0. The van der Waals surface area contributed by atoms with Crippen molar-refractivity contribution in [2.24, 2.45) is 5.92 Å². The SMILES string of the molecule is C=C(Cl)CNC1c2ccccc2SCC1C. The zero-order valence-electron chi connectivity index (χ0n) is 9.37. The lowest BCUT2D eigenvalue weighted by molar-refractivity contribution is 0.422. The highest BCUT2D eigenvalue weighted by atomic mass is 35.5. The van der Waals surface area contributed by atoms with Crippen molar-refractivity contribution in [1.29, 1.82) is 0 Å². The van der Waals surface area contributed by atoms with Gasteiger partial charge in [0.2, 0.25) is 0 Å². The molecule has 1 aliphatic rings. The second-order valence-corrected chi connectivity index (χ2v) is 5.80. The molecule has 2 unspecified atom stereocenters. The lowest BCUT2D eigenvalue weighted by atomic mass is 9.95. The van der Waals surface area contributed by atoms with E-state index in [1.807, 2.05) is 11.8 Å². The van der Waals surface area contributed by atoms with E-state index in [9.17, 15) is 0 Å². The molecule has 2 rings (SSSR count). The van der Waals surface area contributed by atoms with Crippen LogP contribution in [-0.4, -0.2) is 12.3 Å². The van der Waals surface area contributed by atoms with E-state index in [2.05, 4.69) is 43.1 Å². The molecule has 1 aliphatic heterocycles. The van der Waals surface area contributed by atoms with Gasteiger partial charge in [0.1, 0.15) is 0 Å². The van der Waals surface area contributed by atoms with E-state index < -0.39 is 0 Å². The molecule has 3 heteroatoms. The van der Waals surface area contributed by atoms with Gasteiger partial charge in [0.25, 0.3) is 0 Å². The Labute approximate surface area is 106 Å². The maximum atomic E-state index is 5.81. The van der Waals surface area contributed by atoms with Gasteiger partial charge < -0.3 is 5.32 Å². The van der Waals surface area contributed by atoms with Crippen LogP contribution in [0.4, 0.5) is 0 Å². The van der Waals surface area contributed by atoms with Crippen LogP contribution in [0.15, 0.2) is 40.8 Å². The van der Waals surface area contributed by atoms with Crippen LogP contribution in [0, 0.1) is 5.92 Å². The summed E-state index contributed by atoms with van der Waals surface area (Å²) in [4.78, 5) is 1.39. The fourth-order valence-electron chi connectivity index (χ4n) is 2.02. The van der Waals surface area contributed by atoms with Crippen molar-refractivity contribution >= 4 is 23.4 Å². The maximum Gasteiger partial charge on any atom is 0.0368 e. The number of rotatable bonds is 3. The molecule has 1 aromatic rings. The minimum atomic E-state index is 0.396. The van der Waals surface area contributed by atoms with Gasteiger partial charge in [-0.05, 0) is 17.5 Å². The molecule has 1 aromatic carbocycles. The first-order valence-electron chi connectivity index (χ1n) is 5.47. The first-order chi connectivity index (χ1) is 7.68. The van der Waals surface area contributed by atoms with Gasteiger partial charge in [0.15, 0.2) is 0 Å². The highest BCUT2D eigenvalue weighted by Crippen LogP contribution is 2.39. The van der Waals surface area contributed by atoms with Crippen LogP contribution < -0.4 is 5.32 Å². The van der Waals surface area contributed by atoms with E-state index in [0.29, 0.717) is 23.5 Å². The molecule has 1 heterocycles. The highest BCUT2D eigenvalue weighted by molar-refractivity contribution is 7.99. The highest BCUT2D eigenvalue weighted by Gasteiger charge is 2.26. The van der Waals surface area contributed by atoms with Gasteiger partial charge in [-0.2, -0.15) is 0 Å². The van der Waals surface area contributed by atoms with Gasteiger partial charge >= 0.3 is 0 Å². The minimum Gasteiger partial charge on any atom is -0.305 e. The summed E-state index contributed by atoms with van der Waals surface area (Å²) in [5.74, 6) is 1.78. The van der Waals surface area contributed by atoms with Crippen LogP contribution in [0.2, 0.25) is 0 Å². The number of benzene rings is 1. The second-order valence-electron chi connectivity index (χ2n) is 4.20. The number of hydrogen-bond donors (Lipinski definition) is 1. The predicted molar refractivity (Wildman–Crippen MR) is 72.1 cm³/mol. The number of hydrogen-bond acceptors (Lipinski definition) is 2. The van der Waals surface area contributed by atoms with Gasteiger partial charge in [-0.15, -0.1) is 11.8 Å². The monoisotopic (exact) mass is 253 g/mol. The molecular formula is C13H16ClNS.